The van der Waals surface area contributed by atoms with Gasteiger partial charge in [0.05, 0.1) is 47.4 Å². The second-order valence-electron chi connectivity index (χ2n) is 24.0. The van der Waals surface area contributed by atoms with E-state index >= 15 is 0 Å². The van der Waals surface area contributed by atoms with E-state index in [9.17, 15) is 45.0 Å². The van der Waals surface area contributed by atoms with Crippen LogP contribution in [0.4, 0.5) is 0 Å². The van der Waals surface area contributed by atoms with Crippen molar-refractivity contribution in [2.45, 2.75) is 230 Å². The third-order valence-electron chi connectivity index (χ3n) is 18.4. The van der Waals surface area contributed by atoms with Gasteiger partial charge in [-0.05, 0) is 161 Å². The number of allylic oxidation sites excluding steroid dienone is 4. The highest BCUT2D eigenvalue weighted by Gasteiger charge is 2.74. The molecule has 448 valence electrons. The van der Waals surface area contributed by atoms with Crippen molar-refractivity contribution in [1.82, 2.24) is 15.5 Å². The second kappa shape index (κ2) is 29.7. The maximum atomic E-state index is 14.2. The fourth-order valence-electron chi connectivity index (χ4n) is 13.6. The zero-order valence-electron chi connectivity index (χ0n) is 48.4. The van der Waals surface area contributed by atoms with Crippen LogP contribution in [0.3, 0.4) is 0 Å². The van der Waals surface area contributed by atoms with Gasteiger partial charge in [-0.1, -0.05) is 53.2 Å². The zero-order chi connectivity index (χ0) is 57.1. The van der Waals surface area contributed by atoms with Crippen LogP contribution >= 0.6 is 11.6 Å². The molecular formula is C57H102ClN3O16. The Morgan fingerprint density at radius 1 is 0.870 bits per heavy atom. The maximum Gasteiger partial charge on any atom is 0.309 e. The number of aliphatic hydroxyl groups excluding tert-OH is 7. The molecule has 1 amide bonds. The van der Waals surface area contributed by atoms with Gasteiger partial charge in [-0.15, -0.1) is 11.6 Å². The summed E-state index contributed by atoms with van der Waals surface area (Å²) in [5.74, 6) is -1.99. The Morgan fingerprint density at radius 3 is 2.12 bits per heavy atom. The first-order chi connectivity index (χ1) is 35.5. The minimum Gasteiger partial charge on any atom is -0.459 e. The largest absolute Gasteiger partial charge is 0.459 e. The van der Waals surface area contributed by atoms with Gasteiger partial charge in [-0.2, -0.15) is 0 Å². The molecule has 4 aliphatic carbocycles. The van der Waals surface area contributed by atoms with E-state index in [1.807, 2.05) is 66.6 Å². The molecule has 77 heavy (non-hydrogen) atoms. The second-order valence-corrected chi connectivity index (χ2v) is 24.7. The van der Waals surface area contributed by atoms with Crippen LogP contribution in [0.25, 0.3) is 0 Å². The van der Waals surface area contributed by atoms with E-state index in [1.165, 1.54) is 13.2 Å². The normalized spacial score (nSPS) is 43.6. The van der Waals surface area contributed by atoms with Crippen LogP contribution in [-0.4, -0.2) is 194 Å². The fourth-order valence-corrected chi connectivity index (χ4v) is 14.1. The lowest BCUT2D eigenvalue weighted by atomic mass is 9.45. The third-order valence-corrected chi connectivity index (χ3v) is 19.3. The number of nitrogens with zero attached hydrogens (tertiary/aromatic N) is 1. The smallest absolute Gasteiger partial charge is 0.309 e. The molecule has 19 nitrogen and oxygen atoms in total. The standard InChI is InChI=1S/C42H67ClN2O9.C7H14O4.C6H12O2.C2H7N.H2O/c1-8-33-36(50)35(49)27(5)45(17-9-11-29(46)20-24(2)19-25(3)37(51)54-33)18-10-16-44-38(52)42(53)26(4)21-32-31-13-12-28-22-30(47)14-15-39(28,6)41(31,43)34(48)23-40(32,42)7;1-7(10-2)3-6(9)11-4-5(7)8;1-5-3-2-4-6(7)8-5;1-3-2;/h14-15,22,24-27,29,31-36,46,48-50,53H,8-13,16-21,23H2,1-7H3,(H,44,52);5-6,8-9H,3-4H2,1-2H3;5-7H,2-4H2,1H3;3H,1-2H3;1H2/t24-,25+,26-,27+,29+,31?,32?,33+,34-,35+,36+,39-,40-,41-,42-;5-,6+,7+;5-,6-;;/m011../s1. The number of carbonyl (C=O) groups is 3. The van der Waals surface area contributed by atoms with Crippen molar-refractivity contribution < 1.29 is 79.7 Å². The van der Waals surface area contributed by atoms with Crippen molar-refractivity contribution in [2.75, 3.05) is 47.4 Å². The molecule has 20 atom stereocenters. The summed E-state index contributed by atoms with van der Waals surface area (Å²) < 4.78 is 20.6. The molecule has 0 aromatic carbocycles. The van der Waals surface area contributed by atoms with E-state index in [4.69, 9.17) is 40.8 Å². The number of carbonyl (C=O) groups excluding carboxylic acids is 3. The van der Waals surface area contributed by atoms with Crippen LogP contribution in [0, 0.1) is 40.4 Å². The van der Waals surface area contributed by atoms with Gasteiger partial charge in [0, 0.05) is 43.5 Å². The van der Waals surface area contributed by atoms with Crippen LogP contribution in [0.5, 0.6) is 0 Å². The van der Waals surface area contributed by atoms with Gasteiger partial charge in [-0.3, -0.25) is 19.3 Å². The number of ketones is 1. The first kappa shape index (κ1) is 69.1. The number of esters is 1. The van der Waals surface area contributed by atoms with Crippen molar-refractivity contribution in [1.29, 1.82) is 0 Å². The van der Waals surface area contributed by atoms with E-state index in [1.54, 1.807) is 26.8 Å². The maximum absolute atomic E-state index is 14.2. The predicted molar refractivity (Wildman–Crippen MR) is 293 cm³/mol. The Hall–Kier alpha value is -2.18. The Balaban J connectivity index is 0.000000559. The van der Waals surface area contributed by atoms with Gasteiger partial charge in [-0.25, -0.2) is 0 Å². The third kappa shape index (κ3) is 15.7. The Labute approximate surface area is 464 Å². The Bertz CT molecular complexity index is 1930. The number of ether oxygens (including phenoxy) is 4. The number of amides is 1. The Morgan fingerprint density at radius 2 is 1.53 bits per heavy atom. The number of nitrogens with one attached hydrogen (secondary N) is 2. The molecule has 3 saturated heterocycles. The summed E-state index contributed by atoms with van der Waals surface area (Å²) in [4.78, 5) is 40.3. The molecule has 3 heterocycles. The number of halogens is 1. The SMILES string of the molecule is CC[C@H]1OC(=O)[C@H](C)C[C@H](C)C[C@H](O)CCCN(CCCNC(=O)[C@@]2(O)[C@@H](C)CC3C4CCC5=CC(=O)C=C[C@]5(C)[C@@]4(Cl)[C@@H](O)C[C@@]32C)[C@H](C)[C@@H](O)[C@@H]1O.CNC.CO[C@@]1(C)C[C@@H](O)OC[C@H]1O.C[C@@H]1CCC[C@H](O)O1.O. The molecule has 7 rings (SSSR count). The molecule has 0 radical (unpaired) electrons. The number of alkyl halides is 1. The minimum atomic E-state index is -1.75. The number of hydrogen-bond acceptors (Lipinski definition) is 17. The molecule has 0 spiro atoms. The van der Waals surface area contributed by atoms with Crippen LogP contribution < -0.4 is 10.6 Å². The molecule has 20 heteroatoms. The van der Waals surface area contributed by atoms with Gasteiger partial charge in [0.15, 0.2) is 24.0 Å². The minimum absolute atomic E-state index is 0. The van der Waals surface area contributed by atoms with E-state index in [0.717, 1.165) is 24.8 Å². The molecule has 12 N–H and O–H groups in total. The van der Waals surface area contributed by atoms with Gasteiger partial charge in [0.2, 0.25) is 0 Å². The molecule has 2 unspecified atom stereocenters. The molecule has 0 aromatic rings. The molecular weight excluding hydrogens is 1020 g/mol. The van der Waals surface area contributed by atoms with Crippen molar-refractivity contribution in [2.24, 2.45) is 40.4 Å². The van der Waals surface area contributed by atoms with Crippen LogP contribution in [-0.2, 0) is 33.3 Å². The summed E-state index contributed by atoms with van der Waals surface area (Å²) in [5, 5.41) is 90.8. The quantitative estimate of drug-likeness (QED) is 0.0992. The van der Waals surface area contributed by atoms with Gasteiger partial charge >= 0.3 is 5.97 Å². The van der Waals surface area contributed by atoms with E-state index < -0.39 is 106 Å². The van der Waals surface area contributed by atoms with Crippen molar-refractivity contribution in [3.63, 3.8) is 0 Å². The number of fused-ring (bicyclic) bond motifs is 5. The number of rotatable bonds is 7. The summed E-state index contributed by atoms with van der Waals surface area (Å²) >= 11 is 7.56. The van der Waals surface area contributed by atoms with Gasteiger partial charge in [0.25, 0.3) is 5.91 Å². The topological polar surface area (TPSA) is 309 Å². The summed E-state index contributed by atoms with van der Waals surface area (Å²) in [6.07, 6.45) is 6.85. The van der Waals surface area contributed by atoms with Crippen molar-refractivity contribution in [3.8, 4) is 0 Å². The molecule has 3 saturated carbocycles. The fraction of sp³-hybridized carbons (Fsp3) is 0.877. The van der Waals surface area contributed by atoms with Crippen LogP contribution in [0.1, 0.15) is 152 Å². The predicted octanol–water partition coefficient (Wildman–Crippen LogP) is 3.45. The van der Waals surface area contributed by atoms with Crippen molar-refractivity contribution >= 4 is 29.3 Å². The lowest BCUT2D eigenvalue weighted by Gasteiger charge is -2.63. The van der Waals surface area contributed by atoms with E-state index in [2.05, 4.69) is 10.6 Å². The van der Waals surface area contributed by atoms with E-state index in [-0.39, 0.29) is 54.7 Å². The first-order valence-electron chi connectivity index (χ1n) is 28.3. The van der Waals surface area contributed by atoms with Gasteiger partial charge in [0.1, 0.15) is 18.3 Å². The van der Waals surface area contributed by atoms with E-state index in [0.29, 0.717) is 77.3 Å². The summed E-state index contributed by atoms with van der Waals surface area (Å²) in [7, 11) is 5.27. The lowest BCUT2D eigenvalue weighted by Crippen LogP contribution is -2.69. The van der Waals surface area contributed by atoms with Crippen molar-refractivity contribution in [3.05, 3.63) is 23.8 Å². The first-order valence-corrected chi connectivity index (χ1v) is 28.7. The molecule has 6 fully saturated rings. The summed E-state index contributed by atoms with van der Waals surface area (Å²) in [6.45, 7) is 18.4. The highest BCUT2D eigenvalue weighted by molar-refractivity contribution is 6.26. The summed E-state index contributed by atoms with van der Waals surface area (Å²) in [5.41, 5.74) is -3.16. The molecule has 3 aliphatic heterocycles. The number of cyclic esters (lactones) is 1. The Kier molecular flexibility index (Phi) is 26.6. The summed E-state index contributed by atoms with van der Waals surface area (Å²) in [6, 6.07) is -0.523. The lowest BCUT2D eigenvalue weighted by molar-refractivity contribution is -0.235. The number of methoxy groups -OCH3 is 1. The average molecular weight is 1120 g/mol. The van der Waals surface area contributed by atoms with Crippen LogP contribution in [0.15, 0.2) is 23.8 Å². The number of hydrogen-bond donors (Lipinski definition) is 10. The van der Waals surface area contributed by atoms with Gasteiger partial charge < -0.3 is 75.9 Å². The molecule has 0 aromatic heterocycles. The number of aliphatic hydroxyl groups is 8. The molecule has 7 aliphatic rings. The molecule has 0 bridgehead atoms. The van der Waals surface area contributed by atoms with Crippen LogP contribution in [0.2, 0.25) is 0 Å². The average Bonchev–Trinajstić information content (AvgIpc) is 3.56. The highest BCUT2D eigenvalue weighted by Crippen LogP contribution is 2.71. The highest BCUT2D eigenvalue weighted by atomic mass is 35.5. The monoisotopic (exact) mass is 1120 g/mol. The zero-order valence-corrected chi connectivity index (χ0v) is 49.1.